The fraction of sp³-hybridized carbons (Fsp3) is 0.318. The van der Waals surface area contributed by atoms with E-state index in [2.05, 4.69) is 10.6 Å². The van der Waals surface area contributed by atoms with Crippen LogP contribution in [0.15, 0.2) is 48.5 Å². The SMILES string of the molecule is CC[C@@H](NC(=O)COC(=O)CCNC(=O)c1ccc(Cl)cc1)c1ccc(C)cc1. The van der Waals surface area contributed by atoms with Crippen molar-refractivity contribution in [3.63, 3.8) is 0 Å². The third kappa shape index (κ3) is 7.58. The minimum absolute atomic E-state index is 0.0260. The van der Waals surface area contributed by atoms with Gasteiger partial charge >= 0.3 is 5.97 Å². The van der Waals surface area contributed by atoms with Crippen molar-refractivity contribution in [2.24, 2.45) is 0 Å². The number of rotatable bonds is 9. The number of halogens is 1. The van der Waals surface area contributed by atoms with Gasteiger partial charge in [-0.3, -0.25) is 14.4 Å². The molecule has 0 fully saturated rings. The van der Waals surface area contributed by atoms with Gasteiger partial charge in [0.2, 0.25) is 0 Å². The molecule has 0 aliphatic heterocycles. The average Bonchev–Trinajstić information content (AvgIpc) is 2.71. The molecule has 0 aromatic heterocycles. The quantitative estimate of drug-likeness (QED) is 0.612. The molecule has 0 aliphatic rings. The first-order chi connectivity index (χ1) is 13.9. The molecule has 154 valence electrons. The van der Waals surface area contributed by atoms with Crippen LogP contribution < -0.4 is 10.6 Å². The Morgan fingerprint density at radius 2 is 1.69 bits per heavy atom. The Morgan fingerprint density at radius 1 is 1.03 bits per heavy atom. The molecule has 0 unspecified atom stereocenters. The van der Waals surface area contributed by atoms with Crippen LogP contribution in [0.5, 0.6) is 0 Å². The summed E-state index contributed by atoms with van der Waals surface area (Å²) in [6, 6.07) is 14.2. The zero-order chi connectivity index (χ0) is 21.2. The smallest absolute Gasteiger partial charge is 0.308 e. The van der Waals surface area contributed by atoms with Gasteiger partial charge in [-0.1, -0.05) is 48.4 Å². The zero-order valence-electron chi connectivity index (χ0n) is 16.5. The largest absolute Gasteiger partial charge is 0.456 e. The molecule has 0 spiro atoms. The first-order valence-corrected chi connectivity index (χ1v) is 9.82. The fourth-order valence-corrected chi connectivity index (χ4v) is 2.78. The predicted molar refractivity (Wildman–Crippen MR) is 112 cm³/mol. The van der Waals surface area contributed by atoms with Gasteiger partial charge < -0.3 is 15.4 Å². The monoisotopic (exact) mass is 416 g/mol. The topological polar surface area (TPSA) is 84.5 Å². The molecule has 29 heavy (non-hydrogen) atoms. The minimum Gasteiger partial charge on any atom is -0.456 e. The molecule has 2 amide bonds. The maximum atomic E-state index is 12.1. The van der Waals surface area contributed by atoms with E-state index >= 15 is 0 Å². The second kappa shape index (κ2) is 11.2. The second-order valence-electron chi connectivity index (χ2n) is 6.61. The van der Waals surface area contributed by atoms with Gasteiger partial charge in [0.1, 0.15) is 0 Å². The van der Waals surface area contributed by atoms with Crippen LogP contribution in [0.3, 0.4) is 0 Å². The van der Waals surface area contributed by atoms with Gasteiger partial charge in [0.25, 0.3) is 11.8 Å². The molecule has 1 atom stereocenters. The summed E-state index contributed by atoms with van der Waals surface area (Å²) in [6.45, 7) is 3.73. The van der Waals surface area contributed by atoms with Gasteiger partial charge in [0.05, 0.1) is 12.5 Å². The van der Waals surface area contributed by atoms with Crippen LogP contribution in [0.4, 0.5) is 0 Å². The number of amides is 2. The van der Waals surface area contributed by atoms with Crippen molar-refractivity contribution in [2.45, 2.75) is 32.7 Å². The molecule has 0 saturated heterocycles. The average molecular weight is 417 g/mol. The van der Waals surface area contributed by atoms with Crippen LogP contribution in [0.2, 0.25) is 5.02 Å². The van der Waals surface area contributed by atoms with E-state index in [0.717, 1.165) is 17.5 Å². The van der Waals surface area contributed by atoms with E-state index in [0.29, 0.717) is 10.6 Å². The summed E-state index contributed by atoms with van der Waals surface area (Å²) < 4.78 is 4.99. The third-order valence-corrected chi connectivity index (χ3v) is 4.56. The lowest BCUT2D eigenvalue weighted by Gasteiger charge is -2.17. The lowest BCUT2D eigenvalue weighted by atomic mass is 10.0. The molecule has 2 N–H and O–H groups in total. The molecule has 0 saturated carbocycles. The number of carbonyl (C=O) groups excluding carboxylic acids is 3. The van der Waals surface area contributed by atoms with Crippen LogP contribution in [-0.4, -0.2) is 30.9 Å². The number of esters is 1. The summed E-state index contributed by atoms with van der Waals surface area (Å²) in [4.78, 5) is 35.8. The molecule has 2 aromatic rings. The summed E-state index contributed by atoms with van der Waals surface area (Å²) >= 11 is 5.78. The van der Waals surface area contributed by atoms with Gasteiger partial charge in [-0.2, -0.15) is 0 Å². The third-order valence-electron chi connectivity index (χ3n) is 4.31. The van der Waals surface area contributed by atoms with E-state index < -0.39 is 5.97 Å². The van der Waals surface area contributed by atoms with E-state index in [4.69, 9.17) is 16.3 Å². The van der Waals surface area contributed by atoms with Crippen molar-refractivity contribution >= 4 is 29.4 Å². The van der Waals surface area contributed by atoms with Crippen molar-refractivity contribution in [3.8, 4) is 0 Å². The van der Waals surface area contributed by atoms with Crippen LogP contribution in [0.25, 0.3) is 0 Å². The molecule has 0 aliphatic carbocycles. The van der Waals surface area contributed by atoms with Gasteiger partial charge in [-0.25, -0.2) is 0 Å². The fourth-order valence-electron chi connectivity index (χ4n) is 2.66. The van der Waals surface area contributed by atoms with Crippen LogP contribution in [-0.2, 0) is 14.3 Å². The van der Waals surface area contributed by atoms with E-state index in [1.54, 1.807) is 24.3 Å². The summed E-state index contributed by atoms with van der Waals surface area (Å²) in [7, 11) is 0. The Kier molecular flexibility index (Phi) is 8.68. The number of hydrogen-bond acceptors (Lipinski definition) is 4. The Hall–Kier alpha value is -2.86. The highest BCUT2D eigenvalue weighted by Gasteiger charge is 2.14. The molecule has 0 radical (unpaired) electrons. The van der Waals surface area contributed by atoms with Crippen molar-refractivity contribution in [1.82, 2.24) is 10.6 Å². The number of nitrogens with one attached hydrogen (secondary N) is 2. The second-order valence-corrected chi connectivity index (χ2v) is 7.05. The van der Waals surface area contributed by atoms with E-state index in [9.17, 15) is 14.4 Å². The number of carbonyl (C=O) groups is 3. The Bertz CT molecular complexity index is 835. The zero-order valence-corrected chi connectivity index (χ0v) is 17.3. The summed E-state index contributed by atoms with van der Waals surface area (Å²) in [5.74, 6) is -1.23. The minimum atomic E-state index is -0.556. The number of aryl methyl sites for hydroxylation is 1. The van der Waals surface area contributed by atoms with Gasteiger partial charge in [-0.15, -0.1) is 0 Å². The lowest BCUT2D eigenvalue weighted by Crippen LogP contribution is -2.33. The van der Waals surface area contributed by atoms with E-state index in [-0.39, 0.29) is 37.4 Å². The highest BCUT2D eigenvalue weighted by molar-refractivity contribution is 6.30. The summed E-state index contributed by atoms with van der Waals surface area (Å²) in [5, 5.41) is 6.02. The van der Waals surface area contributed by atoms with Crippen LogP contribution in [0.1, 0.15) is 47.3 Å². The molecule has 2 aromatic carbocycles. The molecular formula is C22H25ClN2O4. The first kappa shape index (κ1) is 22.4. The summed E-state index contributed by atoms with van der Waals surface area (Å²) in [5.41, 5.74) is 2.60. The normalized spacial score (nSPS) is 11.4. The standard InChI is InChI=1S/C22H25ClN2O4/c1-3-19(16-6-4-15(2)5-7-16)25-20(26)14-29-21(27)12-13-24-22(28)17-8-10-18(23)11-9-17/h4-11,19H,3,12-14H2,1-2H3,(H,24,28)(H,25,26)/t19-/m1/s1. The van der Waals surface area contributed by atoms with E-state index in [1.807, 2.05) is 38.1 Å². The predicted octanol–water partition coefficient (Wildman–Crippen LogP) is 3.58. The maximum absolute atomic E-state index is 12.1. The molecule has 2 rings (SSSR count). The van der Waals surface area contributed by atoms with Crippen molar-refractivity contribution < 1.29 is 19.1 Å². The van der Waals surface area contributed by atoms with Gasteiger partial charge in [0.15, 0.2) is 6.61 Å². The lowest BCUT2D eigenvalue weighted by molar-refractivity contribution is -0.148. The molecule has 6 nitrogen and oxygen atoms in total. The molecular weight excluding hydrogens is 392 g/mol. The number of hydrogen-bond donors (Lipinski definition) is 2. The number of ether oxygens (including phenoxy) is 1. The molecule has 0 bridgehead atoms. The van der Waals surface area contributed by atoms with Gasteiger partial charge in [0, 0.05) is 17.1 Å². The van der Waals surface area contributed by atoms with Crippen LogP contribution >= 0.6 is 11.6 Å². The molecule has 0 heterocycles. The summed E-state index contributed by atoms with van der Waals surface area (Å²) in [6.07, 6.45) is 0.696. The Labute approximate surface area is 175 Å². The first-order valence-electron chi connectivity index (χ1n) is 9.44. The Balaban J connectivity index is 1.69. The van der Waals surface area contributed by atoms with Crippen molar-refractivity contribution in [2.75, 3.05) is 13.2 Å². The van der Waals surface area contributed by atoms with Crippen molar-refractivity contribution in [3.05, 3.63) is 70.2 Å². The van der Waals surface area contributed by atoms with Gasteiger partial charge in [-0.05, 0) is 43.2 Å². The highest BCUT2D eigenvalue weighted by atomic mass is 35.5. The Morgan fingerprint density at radius 3 is 2.31 bits per heavy atom. The van der Waals surface area contributed by atoms with E-state index in [1.165, 1.54) is 0 Å². The van der Waals surface area contributed by atoms with Crippen LogP contribution in [0, 0.1) is 6.92 Å². The highest BCUT2D eigenvalue weighted by Crippen LogP contribution is 2.17. The number of benzene rings is 2. The molecule has 7 heteroatoms. The van der Waals surface area contributed by atoms with Crippen molar-refractivity contribution in [1.29, 1.82) is 0 Å². The maximum Gasteiger partial charge on any atom is 0.308 e.